The minimum absolute atomic E-state index is 0.0322. The Balaban J connectivity index is 1.28. The van der Waals surface area contributed by atoms with Crippen LogP contribution in [0.15, 0.2) is 91.3 Å². The molecule has 2 heterocycles. The standard InChI is InChI=1S/C38H40N4O4/c43-36(44)18-21-42(38(46)32-14-7-19-39-24-32)25-27-8-6-13-30(22-27)31-15-16-35(41-20-17-28-9-4-5-12-33(28)26-41)34(23-31)40-37(45)29-10-2-1-3-11-29/h4-9,12-16,19,22-24,29H,1-3,10-11,17-18,20-21,25-26H2,(H,40,45)(H,43,44). The molecule has 0 atom stereocenters. The van der Waals surface area contributed by atoms with Crippen LogP contribution in [0.1, 0.15) is 65.6 Å². The molecule has 3 aromatic carbocycles. The number of aromatic nitrogens is 1. The molecule has 2 aliphatic rings. The lowest BCUT2D eigenvalue weighted by molar-refractivity contribution is -0.137. The van der Waals surface area contributed by atoms with Crippen molar-refractivity contribution in [3.63, 3.8) is 0 Å². The predicted octanol–water partition coefficient (Wildman–Crippen LogP) is 6.95. The van der Waals surface area contributed by atoms with Gasteiger partial charge in [-0.2, -0.15) is 0 Å². The predicted molar refractivity (Wildman–Crippen MR) is 180 cm³/mol. The molecule has 2 amide bonds. The maximum absolute atomic E-state index is 13.5. The lowest BCUT2D eigenvalue weighted by atomic mass is 9.88. The number of benzene rings is 3. The summed E-state index contributed by atoms with van der Waals surface area (Å²) in [6.45, 7) is 1.99. The van der Waals surface area contributed by atoms with Crippen molar-refractivity contribution in [2.45, 2.75) is 58.0 Å². The van der Waals surface area contributed by atoms with Crippen LogP contribution in [0.4, 0.5) is 11.4 Å². The van der Waals surface area contributed by atoms with Crippen molar-refractivity contribution in [1.82, 2.24) is 9.88 Å². The van der Waals surface area contributed by atoms with E-state index in [0.717, 1.165) is 73.3 Å². The first-order valence-electron chi connectivity index (χ1n) is 16.2. The molecule has 0 saturated heterocycles. The van der Waals surface area contributed by atoms with Gasteiger partial charge in [-0.1, -0.05) is 67.8 Å². The Hall–Kier alpha value is -4.98. The lowest BCUT2D eigenvalue weighted by Gasteiger charge is -2.33. The fourth-order valence-corrected chi connectivity index (χ4v) is 6.62. The molecule has 2 N–H and O–H groups in total. The molecule has 236 valence electrons. The first-order valence-corrected chi connectivity index (χ1v) is 16.2. The third-order valence-electron chi connectivity index (χ3n) is 9.13. The van der Waals surface area contributed by atoms with Gasteiger partial charge in [0.25, 0.3) is 5.91 Å². The molecule has 0 unspecified atom stereocenters. The van der Waals surface area contributed by atoms with Gasteiger partial charge in [-0.05, 0) is 77.4 Å². The number of fused-ring (bicyclic) bond motifs is 1. The number of rotatable bonds is 10. The summed E-state index contributed by atoms with van der Waals surface area (Å²) in [7, 11) is 0. The molecule has 1 fully saturated rings. The van der Waals surface area contributed by atoms with Gasteiger partial charge in [-0.15, -0.1) is 0 Å². The molecule has 8 nitrogen and oxygen atoms in total. The zero-order valence-corrected chi connectivity index (χ0v) is 26.0. The maximum Gasteiger partial charge on any atom is 0.305 e. The van der Waals surface area contributed by atoms with Crippen LogP contribution in [0.25, 0.3) is 11.1 Å². The Morgan fingerprint density at radius 3 is 2.48 bits per heavy atom. The fraction of sp³-hybridized carbons (Fsp3) is 0.316. The Kier molecular flexibility index (Phi) is 9.72. The van der Waals surface area contributed by atoms with Gasteiger partial charge in [0.15, 0.2) is 0 Å². The van der Waals surface area contributed by atoms with Crippen LogP contribution in [0.5, 0.6) is 0 Å². The zero-order valence-electron chi connectivity index (χ0n) is 26.0. The SMILES string of the molecule is O=C(O)CCN(Cc1cccc(-c2ccc(N3CCc4ccccc4C3)c(NC(=O)C3CCCCC3)c2)c1)C(=O)c1cccnc1. The van der Waals surface area contributed by atoms with E-state index in [2.05, 4.69) is 57.7 Å². The highest BCUT2D eigenvalue weighted by Crippen LogP contribution is 2.36. The quantitative estimate of drug-likeness (QED) is 0.200. The van der Waals surface area contributed by atoms with Crippen molar-refractivity contribution in [1.29, 1.82) is 0 Å². The summed E-state index contributed by atoms with van der Waals surface area (Å²) in [6.07, 6.45) is 9.12. The highest BCUT2D eigenvalue weighted by Gasteiger charge is 2.25. The number of carbonyl (C=O) groups excluding carboxylic acids is 2. The number of carboxylic acids is 1. The number of nitrogens with one attached hydrogen (secondary N) is 1. The van der Waals surface area contributed by atoms with E-state index in [1.807, 2.05) is 24.3 Å². The molecule has 0 spiro atoms. The number of carbonyl (C=O) groups is 3. The third kappa shape index (κ3) is 7.45. The lowest BCUT2D eigenvalue weighted by Crippen LogP contribution is -2.32. The minimum Gasteiger partial charge on any atom is -0.481 e. The summed E-state index contributed by atoms with van der Waals surface area (Å²) in [5.74, 6) is -1.10. The molecule has 0 bridgehead atoms. The normalized spacial score (nSPS) is 14.7. The number of carboxylic acid groups (broad SMARTS) is 1. The molecule has 1 aliphatic heterocycles. The van der Waals surface area contributed by atoms with Crippen molar-refractivity contribution in [3.8, 4) is 11.1 Å². The number of aliphatic carboxylic acids is 1. The van der Waals surface area contributed by atoms with Gasteiger partial charge in [0.1, 0.15) is 0 Å². The van der Waals surface area contributed by atoms with Crippen LogP contribution in [0, 0.1) is 5.92 Å². The van der Waals surface area contributed by atoms with Gasteiger partial charge < -0.3 is 20.2 Å². The van der Waals surface area contributed by atoms with E-state index < -0.39 is 5.97 Å². The molecule has 4 aromatic rings. The fourth-order valence-electron chi connectivity index (χ4n) is 6.62. The van der Waals surface area contributed by atoms with E-state index in [1.54, 1.807) is 23.2 Å². The smallest absolute Gasteiger partial charge is 0.305 e. The van der Waals surface area contributed by atoms with Crippen molar-refractivity contribution < 1.29 is 19.5 Å². The van der Waals surface area contributed by atoms with Gasteiger partial charge >= 0.3 is 5.97 Å². The molecule has 6 rings (SSSR count). The topological polar surface area (TPSA) is 103 Å². The zero-order chi connectivity index (χ0) is 31.9. The van der Waals surface area contributed by atoms with Gasteiger partial charge in [-0.3, -0.25) is 19.4 Å². The summed E-state index contributed by atoms with van der Waals surface area (Å²) in [6, 6.07) is 26.1. The van der Waals surface area contributed by atoms with Gasteiger partial charge in [0.05, 0.1) is 23.4 Å². The van der Waals surface area contributed by atoms with E-state index in [4.69, 9.17) is 0 Å². The van der Waals surface area contributed by atoms with Crippen LogP contribution in [0.2, 0.25) is 0 Å². The van der Waals surface area contributed by atoms with Crippen LogP contribution < -0.4 is 10.2 Å². The summed E-state index contributed by atoms with van der Waals surface area (Å²) >= 11 is 0. The van der Waals surface area contributed by atoms with E-state index in [1.165, 1.54) is 23.7 Å². The number of nitrogens with zero attached hydrogens (tertiary/aromatic N) is 3. The van der Waals surface area contributed by atoms with Crippen molar-refractivity contribution >= 4 is 29.2 Å². The number of hydrogen-bond donors (Lipinski definition) is 2. The highest BCUT2D eigenvalue weighted by molar-refractivity contribution is 5.97. The molecule has 0 radical (unpaired) electrons. The molecule has 8 heteroatoms. The summed E-state index contributed by atoms with van der Waals surface area (Å²) in [5.41, 5.74) is 7.71. The van der Waals surface area contributed by atoms with Crippen LogP contribution in [-0.4, -0.2) is 45.9 Å². The van der Waals surface area contributed by atoms with Gasteiger partial charge in [0.2, 0.25) is 5.91 Å². The number of anilines is 2. The summed E-state index contributed by atoms with van der Waals surface area (Å²) < 4.78 is 0. The van der Waals surface area contributed by atoms with Crippen LogP contribution in [0.3, 0.4) is 0 Å². The van der Waals surface area contributed by atoms with Crippen molar-refractivity contribution in [2.75, 3.05) is 23.3 Å². The molecule has 1 saturated carbocycles. The number of pyridine rings is 1. The second kappa shape index (κ2) is 14.4. The minimum atomic E-state index is -0.960. The molecular weight excluding hydrogens is 576 g/mol. The Morgan fingerprint density at radius 1 is 0.891 bits per heavy atom. The van der Waals surface area contributed by atoms with Gasteiger partial charge in [-0.25, -0.2) is 0 Å². The van der Waals surface area contributed by atoms with Crippen molar-refractivity contribution in [2.24, 2.45) is 5.92 Å². The highest BCUT2D eigenvalue weighted by atomic mass is 16.4. The van der Waals surface area contributed by atoms with E-state index in [-0.39, 0.29) is 37.2 Å². The third-order valence-corrected chi connectivity index (χ3v) is 9.13. The largest absolute Gasteiger partial charge is 0.481 e. The van der Waals surface area contributed by atoms with Crippen molar-refractivity contribution in [3.05, 3.63) is 114 Å². The first-order chi connectivity index (χ1) is 22.4. The Morgan fingerprint density at radius 2 is 1.70 bits per heavy atom. The maximum atomic E-state index is 13.5. The van der Waals surface area contributed by atoms with E-state index in [9.17, 15) is 19.5 Å². The number of hydrogen-bond acceptors (Lipinski definition) is 5. The van der Waals surface area contributed by atoms with Crippen LogP contribution in [-0.2, 0) is 29.1 Å². The second-order valence-corrected chi connectivity index (χ2v) is 12.3. The van der Waals surface area contributed by atoms with E-state index in [0.29, 0.717) is 5.56 Å². The average molecular weight is 617 g/mol. The summed E-state index contributed by atoms with van der Waals surface area (Å²) in [4.78, 5) is 46.2. The monoisotopic (exact) mass is 616 g/mol. The average Bonchev–Trinajstić information content (AvgIpc) is 3.10. The molecular formula is C38H40N4O4. The molecule has 46 heavy (non-hydrogen) atoms. The van der Waals surface area contributed by atoms with Gasteiger partial charge in [0, 0.05) is 44.5 Å². The first kappa shape index (κ1) is 31.0. The summed E-state index contributed by atoms with van der Waals surface area (Å²) in [5, 5.41) is 12.7. The Labute approximate surface area is 270 Å². The molecule has 1 aromatic heterocycles. The molecule has 1 aliphatic carbocycles. The van der Waals surface area contributed by atoms with Crippen LogP contribution >= 0.6 is 0 Å². The van der Waals surface area contributed by atoms with E-state index >= 15 is 0 Å². The second-order valence-electron chi connectivity index (χ2n) is 12.3. The number of amides is 2. The Bertz CT molecular complexity index is 1700.